The van der Waals surface area contributed by atoms with Crippen molar-refractivity contribution in [1.82, 2.24) is 61.8 Å². The third-order valence-corrected chi connectivity index (χ3v) is 11.3. The summed E-state index contributed by atoms with van der Waals surface area (Å²) in [5.41, 5.74) is 34.4. The predicted molar refractivity (Wildman–Crippen MR) is 282 cm³/mol. The molecule has 6 amide bonds. The molecular formula is C47H82Cu3N18O13. The average Bonchev–Trinajstić information content (AvgIpc) is 4.23. The van der Waals surface area contributed by atoms with Gasteiger partial charge in [-0.15, -0.1) is 0 Å². The number of nitrogens with two attached hydrogens (primary N) is 6. The number of aromatic amines is 3. The van der Waals surface area contributed by atoms with Gasteiger partial charge in [0.1, 0.15) is 42.3 Å². The van der Waals surface area contributed by atoms with E-state index in [1.807, 2.05) is 13.8 Å². The standard InChI is InChI=1S/C18H32N6O4.C15H26N6O5.C14H24N6O4.3Cu/c1-11(2)7-13(20)16(25)24-15(8-12-9-21-10-22-12)17(26)23-14(18(27)28)5-3-4-6-19;16-4-2-1-3-11(15(25)26)20-14(24)12(5-9-6-18-8-19-9)21-13(23)10(17)7-22;15-4-2-1-3-10(14(23)24)20-13(22)11(19-12(21)6-16)5-9-7-17-8-18-9;;;/h9-11,13-15H,3-8,19-20H2,1-2H3,(H,21,22)(H,23,26)(H,24,25)(H,27,28);6,8,10-12,22H,1-5,7,16-17H2,(H,18,19)(H,20,24)(H,21,23)(H,25,26);7-8,10-11H,1-6,15-16H2,(H,17,18)(H,19,21)(H,20,22)(H,23,24);;;/t;;10-,11+;;;/m..0.../s1. The number of amides is 6. The number of hydrogen-bond donors (Lipinski definition) is 19. The Kier molecular flexibility index (Phi) is 44.8. The summed E-state index contributed by atoms with van der Waals surface area (Å²) in [4.78, 5) is 128. The van der Waals surface area contributed by atoms with Crippen LogP contribution in [0, 0.1) is 5.92 Å². The number of rotatable bonds is 36. The fraction of sp³-hybridized carbons (Fsp3) is 0.617. The van der Waals surface area contributed by atoms with Gasteiger partial charge in [-0.2, -0.15) is 0 Å². The van der Waals surface area contributed by atoms with E-state index in [1.165, 1.54) is 19.0 Å². The van der Waals surface area contributed by atoms with Gasteiger partial charge >= 0.3 is 17.9 Å². The number of imidazole rings is 3. The number of H-pyrrole nitrogens is 3. The second-order valence-corrected chi connectivity index (χ2v) is 18.3. The summed E-state index contributed by atoms with van der Waals surface area (Å²) >= 11 is 0. The molecule has 0 aromatic carbocycles. The molecular weight excluding hydrogens is 1220 g/mol. The maximum absolute atomic E-state index is 12.7. The van der Waals surface area contributed by atoms with E-state index in [9.17, 15) is 58.5 Å². The monoisotopic (exact) mass is 1300 g/mol. The van der Waals surface area contributed by atoms with Gasteiger partial charge in [-0.05, 0) is 89.8 Å². The largest absolute Gasteiger partial charge is 0.480 e. The summed E-state index contributed by atoms with van der Waals surface area (Å²) in [5.74, 6) is -6.78. The summed E-state index contributed by atoms with van der Waals surface area (Å²) in [5, 5.41) is 51.7. The average molecular weight is 1300 g/mol. The molecule has 0 aliphatic carbocycles. The van der Waals surface area contributed by atoms with E-state index in [4.69, 9.17) is 39.5 Å². The van der Waals surface area contributed by atoms with Crippen molar-refractivity contribution in [3.63, 3.8) is 0 Å². The van der Waals surface area contributed by atoms with Crippen LogP contribution in [0.4, 0.5) is 0 Å². The van der Waals surface area contributed by atoms with Gasteiger partial charge in [-0.1, -0.05) is 13.8 Å². The molecule has 0 saturated carbocycles. The zero-order valence-electron chi connectivity index (χ0n) is 45.1. The first kappa shape index (κ1) is 79.4. The number of aromatic nitrogens is 6. The molecule has 34 heteroatoms. The van der Waals surface area contributed by atoms with Crippen LogP contribution < -0.4 is 66.3 Å². The van der Waals surface area contributed by atoms with Gasteiger partial charge in [0.2, 0.25) is 35.4 Å². The SMILES string of the molecule is CC(C)CC(N)C(=O)NC(Cc1c[nH]cn1)C(=O)NC(CCCCN)C(=O)O.NCCCCC(NC(=O)C(Cc1c[nH]cn1)NC(=O)C(N)CO)C(=O)O.NCCCC[C@H](NC(=O)[C@@H](Cc1c[nH]cn1)NC(=O)CN)C(=O)O.[Cu].[Cu].[Cu]. The van der Waals surface area contributed by atoms with Crippen LogP contribution in [-0.4, -0.2) is 185 Å². The number of carboxylic acid groups (broad SMARTS) is 3. The van der Waals surface area contributed by atoms with E-state index in [1.54, 1.807) is 18.6 Å². The number of hydrogen-bond acceptors (Lipinski definition) is 19. The van der Waals surface area contributed by atoms with Gasteiger partial charge < -0.3 is 102 Å². The summed E-state index contributed by atoms with van der Waals surface area (Å²) in [6, 6.07) is -8.16. The van der Waals surface area contributed by atoms with Gasteiger partial charge in [0.25, 0.3) is 0 Å². The van der Waals surface area contributed by atoms with Crippen LogP contribution >= 0.6 is 0 Å². The quantitative estimate of drug-likeness (QED) is 0.0192. The summed E-state index contributed by atoms with van der Waals surface area (Å²) in [6.45, 7) is 4.36. The number of aliphatic hydroxyl groups excluding tert-OH is 1. The van der Waals surface area contributed by atoms with Crippen molar-refractivity contribution in [2.75, 3.05) is 32.8 Å². The topological polar surface area (TPSA) is 549 Å². The zero-order chi connectivity index (χ0) is 58.6. The maximum Gasteiger partial charge on any atom is 0.326 e. The Morgan fingerprint density at radius 3 is 1.01 bits per heavy atom. The minimum atomic E-state index is -1.19. The predicted octanol–water partition coefficient (Wildman–Crippen LogP) is -4.95. The number of carboxylic acids is 3. The van der Waals surface area contributed by atoms with E-state index >= 15 is 0 Å². The van der Waals surface area contributed by atoms with Crippen LogP contribution in [-0.2, 0) is 114 Å². The minimum Gasteiger partial charge on any atom is -0.480 e. The number of unbranched alkanes of at least 4 members (excludes halogenated alkanes) is 3. The molecule has 3 radical (unpaired) electrons. The van der Waals surface area contributed by atoms with Gasteiger partial charge in [-0.25, -0.2) is 29.3 Å². The number of carbonyl (C=O) groups is 9. The molecule has 0 aliphatic heterocycles. The van der Waals surface area contributed by atoms with Gasteiger partial charge in [-0.3, -0.25) is 28.8 Å². The zero-order valence-corrected chi connectivity index (χ0v) is 47.9. The fourth-order valence-corrected chi connectivity index (χ4v) is 7.04. The van der Waals surface area contributed by atoms with E-state index in [0.717, 1.165) is 0 Å². The second kappa shape index (κ2) is 45.7. The first-order valence-corrected chi connectivity index (χ1v) is 25.5. The van der Waals surface area contributed by atoms with Crippen LogP contribution in [0.1, 0.15) is 95.1 Å². The van der Waals surface area contributed by atoms with Crippen LogP contribution in [0.25, 0.3) is 0 Å². The normalized spacial score (nSPS) is 13.4. The molecule has 8 atom stereocenters. The Hall–Kier alpha value is -5.86. The molecule has 0 spiro atoms. The molecule has 3 aromatic heterocycles. The minimum absolute atomic E-state index is 0. The first-order chi connectivity index (χ1) is 37.1. The summed E-state index contributed by atoms with van der Waals surface area (Å²) in [7, 11) is 0. The van der Waals surface area contributed by atoms with Crippen molar-refractivity contribution in [3.8, 4) is 0 Å². The smallest absolute Gasteiger partial charge is 0.326 e. The Morgan fingerprint density at radius 1 is 0.469 bits per heavy atom. The van der Waals surface area contributed by atoms with Crippen molar-refractivity contribution >= 4 is 53.4 Å². The van der Waals surface area contributed by atoms with Crippen LogP contribution in [0.5, 0.6) is 0 Å². The van der Waals surface area contributed by atoms with Crippen LogP contribution in [0.3, 0.4) is 0 Å². The van der Waals surface area contributed by atoms with E-state index in [-0.39, 0.29) is 102 Å². The molecule has 25 N–H and O–H groups in total. The van der Waals surface area contributed by atoms with E-state index < -0.39 is 108 Å². The van der Waals surface area contributed by atoms with Crippen LogP contribution in [0.15, 0.2) is 37.6 Å². The summed E-state index contributed by atoms with van der Waals surface area (Å²) < 4.78 is 0. The number of aliphatic carboxylic acids is 3. The molecule has 6 unspecified atom stereocenters. The molecule has 0 fully saturated rings. The summed E-state index contributed by atoms with van der Waals surface area (Å²) in [6.07, 6.45) is 14.2. The Labute approximate surface area is 500 Å². The molecule has 31 nitrogen and oxygen atoms in total. The Morgan fingerprint density at radius 2 is 0.765 bits per heavy atom. The molecule has 0 aliphatic rings. The number of nitrogens with zero attached hydrogens (tertiary/aromatic N) is 3. The molecule has 0 bridgehead atoms. The van der Waals surface area contributed by atoms with Gasteiger partial charge in [0, 0.05) is 89.1 Å². The fourth-order valence-electron chi connectivity index (χ4n) is 7.04. The van der Waals surface area contributed by atoms with Crippen molar-refractivity contribution in [1.29, 1.82) is 0 Å². The van der Waals surface area contributed by atoms with Crippen molar-refractivity contribution in [3.05, 3.63) is 54.7 Å². The Balaban J connectivity index is -0.00000111. The third-order valence-electron chi connectivity index (χ3n) is 11.3. The molecule has 81 heavy (non-hydrogen) atoms. The van der Waals surface area contributed by atoms with Crippen molar-refractivity contribution in [2.24, 2.45) is 40.3 Å². The maximum atomic E-state index is 12.7. The number of carbonyl (C=O) groups excluding carboxylic acids is 6. The first-order valence-electron chi connectivity index (χ1n) is 25.5. The van der Waals surface area contributed by atoms with Crippen molar-refractivity contribution in [2.45, 2.75) is 146 Å². The van der Waals surface area contributed by atoms with Gasteiger partial charge in [0.05, 0.1) is 55.3 Å². The van der Waals surface area contributed by atoms with Crippen LogP contribution in [0.2, 0.25) is 0 Å². The molecule has 471 valence electrons. The molecule has 0 saturated heterocycles. The van der Waals surface area contributed by atoms with E-state index in [0.29, 0.717) is 81.7 Å². The van der Waals surface area contributed by atoms with Gasteiger partial charge in [0.15, 0.2) is 0 Å². The van der Waals surface area contributed by atoms with E-state index in [2.05, 4.69) is 61.8 Å². The second-order valence-electron chi connectivity index (χ2n) is 18.3. The van der Waals surface area contributed by atoms with Crippen molar-refractivity contribution < 1.29 is 115 Å². The molecule has 3 rings (SSSR count). The third kappa shape index (κ3) is 34.2. The molecule has 3 aromatic rings. The Bertz CT molecular complexity index is 2240. The number of aliphatic hydroxyl groups is 1. The molecule has 3 heterocycles. The number of nitrogens with one attached hydrogen (secondary N) is 9.